The lowest BCUT2D eigenvalue weighted by Gasteiger charge is -2.32. The van der Waals surface area contributed by atoms with Gasteiger partial charge in [0.2, 0.25) is 5.76 Å². The third kappa shape index (κ3) is 3.23. The molecule has 0 radical (unpaired) electrons. The van der Waals surface area contributed by atoms with Crippen LogP contribution in [-0.2, 0) is 6.54 Å². The Labute approximate surface area is 129 Å². The molecule has 0 unspecified atom stereocenters. The van der Waals surface area contributed by atoms with E-state index in [0.29, 0.717) is 12.3 Å². The molecule has 0 spiro atoms. The molecule has 0 aliphatic carbocycles. The quantitative estimate of drug-likeness (QED) is 0.908. The largest absolute Gasteiger partial charge is 0.449 e. The van der Waals surface area contributed by atoms with Gasteiger partial charge in [0.05, 0.1) is 24.0 Å². The van der Waals surface area contributed by atoms with Crippen molar-refractivity contribution in [3.8, 4) is 6.07 Å². The van der Waals surface area contributed by atoms with E-state index in [-0.39, 0.29) is 6.10 Å². The summed E-state index contributed by atoms with van der Waals surface area (Å²) in [5.74, 6) is 1.07. The van der Waals surface area contributed by atoms with E-state index in [2.05, 4.69) is 16.3 Å². The minimum Gasteiger partial charge on any atom is -0.449 e. The molecule has 2 aromatic rings. The molecule has 1 aromatic heterocycles. The fraction of sp³-hybridized carbons (Fsp3) is 0.353. The number of aliphatic hydroxyl groups is 1. The van der Waals surface area contributed by atoms with Crippen LogP contribution >= 0.6 is 0 Å². The molecule has 22 heavy (non-hydrogen) atoms. The van der Waals surface area contributed by atoms with Crippen molar-refractivity contribution in [2.75, 3.05) is 23.3 Å². The van der Waals surface area contributed by atoms with E-state index >= 15 is 0 Å². The maximum atomic E-state index is 9.64. The molecule has 5 heteroatoms. The van der Waals surface area contributed by atoms with Gasteiger partial charge in [-0.25, -0.2) is 0 Å². The number of nitrogens with one attached hydrogen (secondary N) is 1. The lowest BCUT2D eigenvalue weighted by molar-refractivity contribution is 0.145. The first kappa shape index (κ1) is 14.5. The number of benzene rings is 1. The molecule has 1 saturated heterocycles. The average Bonchev–Trinajstić information content (AvgIpc) is 3.02. The van der Waals surface area contributed by atoms with Crippen LogP contribution in [0.5, 0.6) is 0 Å². The zero-order valence-electron chi connectivity index (χ0n) is 12.3. The number of furan rings is 1. The lowest BCUT2D eigenvalue weighted by Crippen LogP contribution is -2.36. The van der Waals surface area contributed by atoms with Gasteiger partial charge in [0.1, 0.15) is 11.8 Å². The topological polar surface area (TPSA) is 72.4 Å². The first-order valence-electron chi connectivity index (χ1n) is 7.51. The summed E-state index contributed by atoms with van der Waals surface area (Å²) in [7, 11) is 0. The Balaban J connectivity index is 1.70. The summed E-state index contributed by atoms with van der Waals surface area (Å²) < 4.78 is 5.38. The normalized spacial score (nSPS) is 15.5. The van der Waals surface area contributed by atoms with E-state index in [9.17, 15) is 5.11 Å². The minimum atomic E-state index is -0.177. The maximum Gasteiger partial charge on any atom is 0.203 e. The van der Waals surface area contributed by atoms with Gasteiger partial charge in [-0.1, -0.05) is 12.1 Å². The van der Waals surface area contributed by atoms with Crippen LogP contribution in [0.25, 0.3) is 0 Å². The second-order valence-corrected chi connectivity index (χ2v) is 5.47. The van der Waals surface area contributed by atoms with E-state index in [1.807, 2.05) is 30.3 Å². The smallest absolute Gasteiger partial charge is 0.203 e. The van der Waals surface area contributed by atoms with Crippen molar-refractivity contribution in [1.82, 2.24) is 0 Å². The van der Waals surface area contributed by atoms with Crippen LogP contribution in [0.1, 0.15) is 24.4 Å². The van der Waals surface area contributed by atoms with E-state index in [4.69, 9.17) is 9.68 Å². The standard InChI is InChI=1S/C17H19N3O2/c18-11-14-5-6-15(22-14)12-19-16-3-1-2-4-17(16)20-9-7-13(21)8-10-20/h1-6,13,19,21H,7-10,12H2. The number of rotatable bonds is 4. The van der Waals surface area contributed by atoms with Crippen molar-refractivity contribution in [3.05, 3.63) is 47.9 Å². The van der Waals surface area contributed by atoms with Crippen molar-refractivity contribution in [3.63, 3.8) is 0 Å². The van der Waals surface area contributed by atoms with Gasteiger partial charge in [-0.15, -0.1) is 0 Å². The molecular weight excluding hydrogens is 278 g/mol. The summed E-state index contributed by atoms with van der Waals surface area (Å²) in [6, 6.07) is 13.6. The van der Waals surface area contributed by atoms with Crippen LogP contribution < -0.4 is 10.2 Å². The molecule has 1 fully saturated rings. The Hall–Kier alpha value is -2.45. The molecule has 3 rings (SSSR count). The highest BCUT2D eigenvalue weighted by atomic mass is 16.3. The summed E-state index contributed by atoms with van der Waals surface area (Å²) >= 11 is 0. The maximum absolute atomic E-state index is 9.64. The summed E-state index contributed by atoms with van der Waals surface area (Å²) in [6.45, 7) is 2.26. The summed E-state index contributed by atoms with van der Waals surface area (Å²) in [6.07, 6.45) is 1.43. The number of nitrogens with zero attached hydrogens (tertiary/aromatic N) is 2. The lowest BCUT2D eigenvalue weighted by atomic mass is 10.1. The summed E-state index contributed by atoms with van der Waals surface area (Å²) in [4.78, 5) is 2.29. The van der Waals surface area contributed by atoms with Gasteiger partial charge >= 0.3 is 0 Å². The van der Waals surface area contributed by atoms with Gasteiger partial charge in [-0.2, -0.15) is 5.26 Å². The fourth-order valence-corrected chi connectivity index (χ4v) is 2.72. The first-order valence-corrected chi connectivity index (χ1v) is 7.51. The van der Waals surface area contributed by atoms with Crippen LogP contribution in [0.4, 0.5) is 11.4 Å². The van der Waals surface area contributed by atoms with Crippen LogP contribution in [-0.4, -0.2) is 24.3 Å². The molecular formula is C17H19N3O2. The van der Waals surface area contributed by atoms with Crippen molar-refractivity contribution in [1.29, 1.82) is 5.26 Å². The van der Waals surface area contributed by atoms with Gasteiger partial charge < -0.3 is 19.7 Å². The highest BCUT2D eigenvalue weighted by Gasteiger charge is 2.19. The van der Waals surface area contributed by atoms with E-state index in [0.717, 1.165) is 43.1 Å². The van der Waals surface area contributed by atoms with Crippen molar-refractivity contribution >= 4 is 11.4 Å². The molecule has 2 N–H and O–H groups in total. The average molecular weight is 297 g/mol. The number of nitriles is 1. The minimum absolute atomic E-state index is 0.177. The molecule has 5 nitrogen and oxygen atoms in total. The first-order chi connectivity index (χ1) is 10.8. The number of anilines is 2. The molecule has 0 amide bonds. The Morgan fingerprint density at radius 1 is 1.23 bits per heavy atom. The zero-order valence-corrected chi connectivity index (χ0v) is 12.3. The highest BCUT2D eigenvalue weighted by molar-refractivity contribution is 5.70. The number of para-hydroxylation sites is 2. The molecule has 2 heterocycles. The molecule has 1 aromatic carbocycles. The van der Waals surface area contributed by atoms with E-state index < -0.39 is 0 Å². The third-order valence-electron chi connectivity index (χ3n) is 3.93. The van der Waals surface area contributed by atoms with Crippen LogP contribution in [0.15, 0.2) is 40.8 Å². The Morgan fingerprint density at radius 3 is 2.73 bits per heavy atom. The van der Waals surface area contributed by atoms with Gasteiger partial charge in [-0.05, 0) is 37.1 Å². The summed E-state index contributed by atoms with van der Waals surface area (Å²) in [5, 5.41) is 21.8. The van der Waals surface area contributed by atoms with Gasteiger partial charge in [0, 0.05) is 13.1 Å². The number of piperidine rings is 1. The van der Waals surface area contributed by atoms with Gasteiger partial charge in [-0.3, -0.25) is 0 Å². The SMILES string of the molecule is N#Cc1ccc(CNc2ccccc2N2CCC(O)CC2)o1. The highest BCUT2D eigenvalue weighted by Crippen LogP contribution is 2.28. The molecule has 1 aliphatic rings. The third-order valence-corrected chi connectivity index (χ3v) is 3.93. The zero-order chi connectivity index (χ0) is 15.4. The Morgan fingerprint density at radius 2 is 2.00 bits per heavy atom. The number of aliphatic hydroxyl groups excluding tert-OH is 1. The molecule has 0 atom stereocenters. The van der Waals surface area contributed by atoms with E-state index in [1.54, 1.807) is 6.07 Å². The second kappa shape index (κ2) is 6.54. The van der Waals surface area contributed by atoms with Crippen LogP contribution in [0.3, 0.4) is 0 Å². The van der Waals surface area contributed by atoms with Crippen molar-refractivity contribution < 1.29 is 9.52 Å². The molecule has 1 aliphatic heterocycles. The predicted octanol–water partition coefficient (Wildman–Crippen LogP) is 2.72. The van der Waals surface area contributed by atoms with E-state index in [1.165, 1.54) is 0 Å². The molecule has 0 bridgehead atoms. The van der Waals surface area contributed by atoms with Gasteiger partial charge in [0.15, 0.2) is 0 Å². The number of hydrogen-bond donors (Lipinski definition) is 2. The van der Waals surface area contributed by atoms with Crippen LogP contribution in [0, 0.1) is 11.3 Å². The monoisotopic (exact) mass is 297 g/mol. The van der Waals surface area contributed by atoms with Crippen molar-refractivity contribution in [2.45, 2.75) is 25.5 Å². The van der Waals surface area contributed by atoms with Crippen LogP contribution in [0.2, 0.25) is 0 Å². The fourth-order valence-electron chi connectivity index (χ4n) is 2.72. The van der Waals surface area contributed by atoms with Gasteiger partial charge in [0.25, 0.3) is 0 Å². The van der Waals surface area contributed by atoms with Crippen molar-refractivity contribution in [2.24, 2.45) is 0 Å². The molecule has 0 saturated carbocycles. The molecule has 114 valence electrons. The second-order valence-electron chi connectivity index (χ2n) is 5.47. The number of hydrogen-bond acceptors (Lipinski definition) is 5. The Kier molecular flexibility index (Phi) is 4.31. The Bertz CT molecular complexity index is 667. The summed E-state index contributed by atoms with van der Waals surface area (Å²) in [5.41, 5.74) is 2.18. The predicted molar refractivity (Wildman–Crippen MR) is 84.6 cm³/mol.